The molecule has 20 heavy (non-hydrogen) atoms. The lowest BCUT2D eigenvalue weighted by Crippen LogP contribution is -2.39. The molecule has 2 unspecified atom stereocenters. The van der Waals surface area contributed by atoms with Gasteiger partial charge in [0.2, 0.25) is 0 Å². The average molecular weight is 275 g/mol. The lowest BCUT2D eigenvalue weighted by atomic mass is 10.0. The maximum atomic E-state index is 6.10. The quantitative estimate of drug-likeness (QED) is 0.917. The topological polar surface area (TPSA) is 32.5 Å². The van der Waals surface area contributed by atoms with Crippen LogP contribution in [0.2, 0.25) is 0 Å². The van der Waals surface area contributed by atoms with Gasteiger partial charge in [0.25, 0.3) is 0 Å². The van der Waals surface area contributed by atoms with Crippen molar-refractivity contribution >= 4 is 5.69 Å². The van der Waals surface area contributed by atoms with Crippen LogP contribution in [0.1, 0.15) is 44.7 Å². The summed E-state index contributed by atoms with van der Waals surface area (Å²) in [7, 11) is 2.23. The highest BCUT2D eigenvalue weighted by Crippen LogP contribution is 2.24. The normalized spacial score (nSPS) is 22.6. The molecule has 3 nitrogen and oxygen atoms in total. The van der Waals surface area contributed by atoms with Crippen molar-refractivity contribution in [1.82, 2.24) is 4.90 Å². The predicted molar refractivity (Wildman–Crippen MR) is 87.2 cm³/mol. The van der Waals surface area contributed by atoms with E-state index < -0.39 is 0 Å². The molecule has 2 N–H and O–H groups in total. The van der Waals surface area contributed by atoms with Crippen LogP contribution >= 0.6 is 0 Å². The van der Waals surface area contributed by atoms with Crippen molar-refractivity contribution in [3.8, 4) is 0 Å². The number of likely N-dealkylation sites (N-methyl/N-ethyl adjacent to an activating group) is 1. The van der Waals surface area contributed by atoms with Crippen LogP contribution in [0.15, 0.2) is 24.3 Å². The Hall–Kier alpha value is -1.06. The second kappa shape index (κ2) is 7.09. The lowest BCUT2D eigenvalue weighted by Gasteiger charge is -2.32. The summed E-state index contributed by atoms with van der Waals surface area (Å²) in [6.07, 6.45) is 3.43. The molecular formula is C17H29N3. The third-order valence-corrected chi connectivity index (χ3v) is 4.47. The summed E-state index contributed by atoms with van der Waals surface area (Å²) in [5.74, 6) is 0. The van der Waals surface area contributed by atoms with Gasteiger partial charge in [0.1, 0.15) is 0 Å². The Labute approximate surface area is 123 Å². The largest absolute Gasteiger partial charge is 0.367 e. The smallest absolute Gasteiger partial charge is 0.0414 e. The highest BCUT2D eigenvalue weighted by molar-refractivity contribution is 5.49. The molecule has 1 aromatic rings. The van der Waals surface area contributed by atoms with E-state index in [1.165, 1.54) is 30.6 Å². The predicted octanol–water partition coefficient (Wildman–Crippen LogP) is 3.02. The molecule has 2 atom stereocenters. The highest BCUT2D eigenvalue weighted by Gasteiger charge is 2.22. The molecule has 112 valence electrons. The van der Waals surface area contributed by atoms with E-state index in [0.29, 0.717) is 6.04 Å². The van der Waals surface area contributed by atoms with Gasteiger partial charge in [-0.3, -0.25) is 0 Å². The Kier molecular flexibility index (Phi) is 5.44. The van der Waals surface area contributed by atoms with Gasteiger partial charge in [0.15, 0.2) is 0 Å². The molecule has 1 fully saturated rings. The maximum absolute atomic E-state index is 6.10. The first kappa shape index (κ1) is 15.3. The van der Waals surface area contributed by atoms with Gasteiger partial charge in [-0.15, -0.1) is 0 Å². The van der Waals surface area contributed by atoms with Crippen molar-refractivity contribution in [3.05, 3.63) is 29.8 Å². The minimum atomic E-state index is 0.168. The minimum Gasteiger partial charge on any atom is -0.367 e. The second-order valence-electron chi connectivity index (χ2n) is 5.98. The number of hydrogen-bond donors (Lipinski definition) is 1. The van der Waals surface area contributed by atoms with E-state index in [9.17, 15) is 0 Å². The number of benzene rings is 1. The van der Waals surface area contributed by atoms with E-state index >= 15 is 0 Å². The molecule has 1 aromatic carbocycles. The Balaban J connectivity index is 2.16. The van der Waals surface area contributed by atoms with Gasteiger partial charge in [0, 0.05) is 30.9 Å². The number of nitrogens with zero attached hydrogens (tertiary/aromatic N) is 2. The number of nitrogens with two attached hydrogens (primary N) is 1. The monoisotopic (exact) mass is 275 g/mol. The molecule has 1 aliphatic rings. The first-order chi connectivity index (χ1) is 9.65. The van der Waals surface area contributed by atoms with E-state index in [2.05, 4.69) is 55.0 Å². The Bertz CT molecular complexity index is 401. The standard InChI is InChI=1S/C17H29N3/c1-4-15-13-19(3)11-6-12-20(15)16-9-7-14(8-10-16)17(18)5-2/h7-10,15,17H,4-6,11-13,18H2,1-3H3. The van der Waals surface area contributed by atoms with Gasteiger partial charge in [-0.05, 0) is 50.6 Å². The van der Waals surface area contributed by atoms with Gasteiger partial charge in [-0.1, -0.05) is 26.0 Å². The number of rotatable bonds is 4. The van der Waals surface area contributed by atoms with Gasteiger partial charge in [-0.25, -0.2) is 0 Å². The van der Waals surface area contributed by atoms with Gasteiger partial charge in [-0.2, -0.15) is 0 Å². The fraction of sp³-hybridized carbons (Fsp3) is 0.647. The van der Waals surface area contributed by atoms with Crippen LogP contribution in [0, 0.1) is 0 Å². The fourth-order valence-electron chi connectivity index (χ4n) is 3.08. The SMILES string of the molecule is CCC(N)c1ccc(N2CCCN(C)CC2CC)cc1. The van der Waals surface area contributed by atoms with Crippen LogP contribution in [-0.4, -0.2) is 37.6 Å². The van der Waals surface area contributed by atoms with Crippen LogP contribution in [0.3, 0.4) is 0 Å². The molecule has 0 aromatic heterocycles. The van der Waals surface area contributed by atoms with Crippen molar-refractivity contribution in [2.24, 2.45) is 5.73 Å². The summed E-state index contributed by atoms with van der Waals surface area (Å²) >= 11 is 0. The molecule has 1 aliphatic heterocycles. The summed E-state index contributed by atoms with van der Waals surface area (Å²) in [6, 6.07) is 9.68. The van der Waals surface area contributed by atoms with E-state index in [1.54, 1.807) is 0 Å². The zero-order chi connectivity index (χ0) is 14.5. The van der Waals surface area contributed by atoms with Crippen molar-refractivity contribution in [1.29, 1.82) is 0 Å². The third-order valence-electron chi connectivity index (χ3n) is 4.47. The van der Waals surface area contributed by atoms with Crippen molar-refractivity contribution < 1.29 is 0 Å². The van der Waals surface area contributed by atoms with Crippen LogP contribution in [0.5, 0.6) is 0 Å². The summed E-state index contributed by atoms with van der Waals surface area (Å²) < 4.78 is 0. The van der Waals surface area contributed by atoms with E-state index in [4.69, 9.17) is 5.73 Å². The molecule has 0 bridgehead atoms. The highest BCUT2D eigenvalue weighted by atomic mass is 15.2. The molecule has 1 heterocycles. The fourth-order valence-corrected chi connectivity index (χ4v) is 3.08. The minimum absolute atomic E-state index is 0.168. The molecule has 2 rings (SSSR count). The van der Waals surface area contributed by atoms with Crippen molar-refractivity contribution in [3.63, 3.8) is 0 Å². The van der Waals surface area contributed by atoms with E-state index in [0.717, 1.165) is 19.5 Å². The molecule has 0 aliphatic carbocycles. The summed E-state index contributed by atoms with van der Waals surface area (Å²) in [5.41, 5.74) is 8.69. The molecule has 0 spiro atoms. The van der Waals surface area contributed by atoms with Gasteiger partial charge in [0.05, 0.1) is 0 Å². The maximum Gasteiger partial charge on any atom is 0.0414 e. The summed E-state index contributed by atoms with van der Waals surface area (Å²) in [4.78, 5) is 5.03. The molecule has 0 amide bonds. The lowest BCUT2D eigenvalue weighted by molar-refractivity contribution is 0.328. The summed E-state index contributed by atoms with van der Waals surface area (Å²) in [6.45, 7) is 7.94. The van der Waals surface area contributed by atoms with Crippen molar-refractivity contribution in [2.75, 3.05) is 31.6 Å². The van der Waals surface area contributed by atoms with E-state index in [-0.39, 0.29) is 6.04 Å². The van der Waals surface area contributed by atoms with Crippen molar-refractivity contribution in [2.45, 2.75) is 45.2 Å². The zero-order valence-corrected chi connectivity index (χ0v) is 13.2. The number of hydrogen-bond acceptors (Lipinski definition) is 3. The first-order valence-corrected chi connectivity index (χ1v) is 7.96. The first-order valence-electron chi connectivity index (χ1n) is 7.96. The third kappa shape index (κ3) is 3.53. The molecule has 1 saturated heterocycles. The van der Waals surface area contributed by atoms with Crippen LogP contribution in [0.4, 0.5) is 5.69 Å². The number of anilines is 1. The zero-order valence-electron chi connectivity index (χ0n) is 13.2. The average Bonchev–Trinajstić information content (AvgIpc) is 2.67. The summed E-state index contributed by atoms with van der Waals surface area (Å²) in [5, 5.41) is 0. The van der Waals surface area contributed by atoms with Gasteiger partial charge < -0.3 is 15.5 Å². The molecule has 0 radical (unpaired) electrons. The van der Waals surface area contributed by atoms with Crippen LogP contribution < -0.4 is 10.6 Å². The molecule has 0 saturated carbocycles. The Morgan fingerprint density at radius 1 is 1.20 bits per heavy atom. The molecular weight excluding hydrogens is 246 g/mol. The van der Waals surface area contributed by atoms with Gasteiger partial charge >= 0.3 is 0 Å². The Morgan fingerprint density at radius 2 is 1.90 bits per heavy atom. The molecule has 3 heteroatoms. The van der Waals surface area contributed by atoms with E-state index in [1.807, 2.05) is 0 Å². The van der Waals surface area contributed by atoms with Crippen LogP contribution in [-0.2, 0) is 0 Å². The van der Waals surface area contributed by atoms with Crippen LogP contribution in [0.25, 0.3) is 0 Å². The Morgan fingerprint density at radius 3 is 2.50 bits per heavy atom. The second-order valence-corrected chi connectivity index (χ2v) is 5.98.